The molecule has 5 heteroatoms. The Kier molecular flexibility index (Phi) is 6.90. The Labute approximate surface area is 114 Å². The van der Waals surface area contributed by atoms with Crippen LogP contribution in [0.4, 0.5) is 4.79 Å². The van der Waals surface area contributed by atoms with Crippen molar-refractivity contribution in [3.63, 3.8) is 0 Å². The first-order valence-electron chi connectivity index (χ1n) is 6.13. The molecule has 5 nitrogen and oxygen atoms in total. The third-order valence-corrected chi connectivity index (χ3v) is 2.07. The van der Waals surface area contributed by atoms with Crippen molar-refractivity contribution in [1.82, 2.24) is 5.32 Å². The number of ether oxygens (including phenoxy) is 2. The molecule has 0 saturated heterocycles. The van der Waals surface area contributed by atoms with Crippen LogP contribution < -0.4 is 5.32 Å². The topological polar surface area (TPSA) is 64.6 Å². The molecule has 0 atom stereocenters. The Bertz CT molecular complexity index is 377. The van der Waals surface area contributed by atoms with E-state index in [9.17, 15) is 9.59 Å². The third kappa shape index (κ3) is 8.02. The smallest absolute Gasteiger partial charge is 0.407 e. The van der Waals surface area contributed by atoms with Crippen LogP contribution >= 0.6 is 0 Å². The molecule has 0 rings (SSSR count). The van der Waals surface area contributed by atoms with Gasteiger partial charge in [0.2, 0.25) is 0 Å². The van der Waals surface area contributed by atoms with Crippen LogP contribution in [0.25, 0.3) is 0 Å². The Hall–Kier alpha value is -1.78. The fourth-order valence-electron chi connectivity index (χ4n) is 1.23. The van der Waals surface area contributed by atoms with E-state index in [2.05, 4.69) is 16.6 Å². The van der Waals surface area contributed by atoms with Crippen molar-refractivity contribution in [3.8, 4) is 0 Å². The zero-order valence-corrected chi connectivity index (χ0v) is 12.3. The SMILES string of the molecule is C=C(/C=C(\CC)C(=O)OC)CNC(=O)OC(C)(C)C. The van der Waals surface area contributed by atoms with Crippen molar-refractivity contribution in [2.45, 2.75) is 39.7 Å². The highest BCUT2D eigenvalue weighted by molar-refractivity contribution is 5.88. The summed E-state index contributed by atoms with van der Waals surface area (Å²) >= 11 is 0. The quantitative estimate of drug-likeness (QED) is 0.473. The number of amides is 1. The van der Waals surface area contributed by atoms with Gasteiger partial charge in [-0.3, -0.25) is 0 Å². The summed E-state index contributed by atoms with van der Waals surface area (Å²) in [5.41, 5.74) is 0.577. The molecule has 0 aliphatic carbocycles. The molecule has 0 spiro atoms. The molecule has 1 amide bonds. The second-order valence-corrected chi connectivity index (χ2v) is 5.03. The second kappa shape index (κ2) is 7.61. The highest BCUT2D eigenvalue weighted by Gasteiger charge is 2.15. The van der Waals surface area contributed by atoms with Gasteiger partial charge in [0.25, 0.3) is 0 Å². The normalized spacial score (nSPS) is 11.7. The maximum Gasteiger partial charge on any atom is 0.407 e. The first-order chi connectivity index (χ1) is 8.69. The minimum atomic E-state index is -0.540. The Morgan fingerprint density at radius 1 is 1.32 bits per heavy atom. The maximum atomic E-state index is 11.4. The van der Waals surface area contributed by atoms with Crippen LogP contribution in [0.15, 0.2) is 23.8 Å². The largest absolute Gasteiger partial charge is 0.466 e. The van der Waals surface area contributed by atoms with E-state index in [1.54, 1.807) is 26.8 Å². The van der Waals surface area contributed by atoms with E-state index in [1.807, 2.05) is 6.92 Å². The molecule has 0 aliphatic rings. The summed E-state index contributed by atoms with van der Waals surface area (Å²) in [7, 11) is 1.33. The lowest BCUT2D eigenvalue weighted by Gasteiger charge is -2.19. The van der Waals surface area contributed by atoms with Crippen LogP contribution in [-0.4, -0.2) is 31.3 Å². The van der Waals surface area contributed by atoms with Crippen molar-refractivity contribution in [3.05, 3.63) is 23.8 Å². The number of methoxy groups -OCH3 is 1. The number of nitrogens with one attached hydrogen (secondary N) is 1. The van der Waals surface area contributed by atoms with Crippen molar-refractivity contribution in [1.29, 1.82) is 0 Å². The molecule has 0 aromatic carbocycles. The molecule has 0 fully saturated rings. The third-order valence-electron chi connectivity index (χ3n) is 2.07. The van der Waals surface area contributed by atoms with Crippen molar-refractivity contribution in [2.75, 3.05) is 13.7 Å². The molecule has 0 heterocycles. The monoisotopic (exact) mass is 269 g/mol. The van der Waals surface area contributed by atoms with Gasteiger partial charge < -0.3 is 14.8 Å². The number of carbonyl (C=O) groups excluding carboxylic acids is 2. The summed E-state index contributed by atoms with van der Waals surface area (Å²) in [6.07, 6.45) is 1.64. The number of hydrogen-bond donors (Lipinski definition) is 1. The van der Waals surface area contributed by atoms with Crippen molar-refractivity contribution >= 4 is 12.1 Å². The van der Waals surface area contributed by atoms with Crippen LogP contribution in [-0.2, 0) is 14.3 Å². The van der Waals surface area contributed by atoms with Gasteiger partial charge in [-0.2, -0.15) is 0 Å². The number of alkyl carbamates (subject to hydrolysis) is 1. The first-order valence-corrected chi connectivity index (χ1v) is 6.13. The Morgan fingerprint density at radius 2 is 1.89 bits per heavy atom. The molecule has 108 valence electrons. The number of carbonyl (C=O) groups is 2. The number of rotatable bonds is 5. The van der Waals surface area contributed by atoms with Crippen LogP contribution in [0.1, 0.15) is 34.1 Å². The summed E-state index contributed by atoms with van der Waals surface area (Å²) in [5.74, 6) is -0.388. The molecule has 0 saturated carbocycles. The fraction of sp³-hybridized carbons (Fsp3) is 0.571. The molecule has 1 N–H and O–H groups in total. The van der Waals surface area contributed by atoms with E-state index in [-0.39, 0.29) is 12.5 Å². The summed E-state index contributed by atoms with van der Waals surface area (Å²) < 4.78 is 9.72. The Balaban J connectivity index is 4.36. The molecular formula is C14H23NO4. The second-order valence-electron chi connectivity index (χ2n) is 5.03. The molecule has 0 unspecified atom stereocenters. The van der Waals surface area contributed by atoms with Gasteiger partial charge in [-0.1, -0.05) is 13.5 Å². The van der Waals surface area contributed by atoms with Gasteiger partial charge in [-0.15, -0.1) is 0 Å². The van der Waals surface area contributed by atoms with Crippen LogP contribution in [0.3, 0.4) is 0 Å². The molecule has 0 aromatic rings. The molecule has 19 heavy (non-hydrogen) atoms. The van der Waals surface area contributed by atoms with Gasteiger partial charge in [0.05, 0.1) is 7.11 Å². The predicted octanol–water partition coefficient (Wildman–Crippen LogP) is 2.58. The minimum absolute atomic E-state index is 0.218. The van der Waals surface area contributed by atoms with Gasteiger partial charge >= 0.3 is 12.1 Å². The van der Waals surface area contributed by atoms with Gasteiger partial charge in [0.15, 0.2) is 0 Å². The van der Waals surface area contributed by atoms with Crippen LogP contribution in [0.5, 0.6) is 0 Å². The van der Waals surface area contributed by atoms with E-state index < -0.39 is 11.7 Å². The predicted molar refractivity (Wildman–Crippen MR) is 73.8 cm³/mol. The van der Waals surface area contributed by atoms with Gasteiger partial charge in [0, 0.05) is 12.1 Å². The summed E-state index contributed by atoms with van der Waals surface area (Å²) in [6, 6.07) is 0. The van der Waals surface area contributed by atoms with Crippen LogP contribution in [0, 0.1) is 0 Å². The summed E-state index contributed by atoms with van der Waals surface area (Å²) in [6.45, 7) is 11.2. The molecular weight excluding hydrogens is 246 g/mol. The average molecular weight is 269 g/mol. The highest BCUT2D eigenvalue weighted by atomic mass is 16.6. The standard InChI is InChI=1S/C14H23NO4/c1-7-11(12(16)18-6)8-10(2)9-15-13(17)19-14(3,4)5/h8H,2,7,9H2,1,3-6H3,(H,15,17)/b11-8+. The molecule has 0 radical (unpaired) electrons. The van der Waals surface area contributed by atoms with Crippen molar-refractivity contribution in [2.24, 2.45) is 0 Å². The lowest BCUT2D eigenvalue weighted by molar-refractivity contribution is -0.136. The van der Waals surface area contributed by atoms with Crippen molar-refractivity contribution < 1.29 is 19.1 Å². The van der Waals surface area contributed by atoms with Crippen LogP contribution in [0.2, 0.25) is 0 Å². The Morgan fingerprint density at radius 3 is 2.32 bits per heavy atom. The van der Waals surface area contributed by atoms with Gasteiger partial charge in [-0.05, 0) is 38.8 Å². The molecule has 0 bridgehead atoms. The highest BCUT2D eigenvalue weighted by Crippen LogP contribution is 2.08. The van der Waals surface area contributed by atoms with E-state index >= 15 is 0 Å². The lowest BCUT2D eigenvalue weighted by Crippen LogP contribution is -2.33. The average Bonchev–Trinajstić information content (AvgIpc) is 2.30. The zero-order valence-electron chi connectivity index (χ0n) is 12.3. The van der Waals surface area contributed by atoms with E-state index in [4.69, 9.17) is 4.74 Å². The maximum absolute atomic E-state index is 11.4. The number of hydrogen-bond acceptors (Lipinski definition) is 4. The van der Waals surface area contributed by atoms with Gasteiger partial charge in [-0.25, -0.2) is 9.59 Å². The van der Waals surface area contributed by atoms with E-state index in [1.165, 1.54) is 7.11 Å². The van der Waals surface area contributed by atoms with Gasteiger partial charge in [0.1, 0.15) is 5.60 Å². The molecule has 0 aromatic heterocycles. The fourth-order valence-corrected chi connectivity index (χ4v) is 1.23. The minimum Gasteiger partial charge on any atom is -0.466 e. The lowest BCUT2D eigenvalue weighted by atomic mass is 10.1. The summed E-state index contributed by atoms with van der Waals surface area (Å²) in [4.78, 5) is 22.8. The summed E-state index contributed by atoms with van der Waals surface area (Å²) in [5, 5.41) is 2.57. The first kappa shape index (κ1) is 17.2. The molecule has 0 aliphatic heterocycles. The van der Waals surface area contributed by atoms with E-state index in [0.717, 1.165) is 0 Å². The zero-order chi connectivity index (χ0) is 15.1. The van der Waals surface area contributed by atoms with E-state index in [0.29, 0.717) is 17.6 Å². The number of esters is 1.